The molecule has 3 nitrogen and oxygen atoms in total. The first kappa shape index (κ1) is 25.4. The first-order chi connectivity index (χ1) is 27.6. The van der Waals surface area contributed by atoms with Crippen LogP contribution in [0.15, 0.2) is 174 Å². The van der Waals surface area contributed by atoms with Crippen molar-refractivity contribution < 1.29 is 11.3 Å². The van der Waals surface area contributed by atoms with Crippen molar-refractivity contribution in [1.82, 2.24) is 9.97 Å². The van der Waals surface area contributed by atoms with Crippen LogP contribution in [0.2, 0.25) is 0 Å². The molecule has 0 amide bonds. The van der Waals surface area contributed by atoms with E-state index in [1.54, 1.807) is 0 Å². The molecule has 0 saturated carbocycles. The molecule has 7 aromatic carbocycles. The van der Waals surface area contributed by atoms with Crippen molar-refractivity contribution in [2.45, 2.75) is 19.3 Å². The highest BCUT2D eigenvalue weighted by atomic mass is 16.3. The molecule has 0 saturated heterocycles. The van der Waals surface area contributed by atoms with E-state index in [4.69, 9.17) is 21.2 Å². The lowest BCUT2D eigenvalue weighted by molar-refractivity contribution is 0.660. The topological polar surface area (TPSA) is 38.9 Å². The second-order valence-electron chi connectivity index (χ2n) is 13.9. The quantitative estimate of drug-likeness (QED) is 0.183. The van der Waals surface area contributed by atoms with E-state index in [-0.39, 0.29) is 35.1 Å². The Labute approximate surface area is 309 Å². The molecule has 1 aliphatic rings. The van der Waals surface area contributed by atoms with Crippen LogP contribution >= 0.6 is 0 Å². The van der Waals surface area contributed by atoms with Crippen molar-refractivity contribution >= 4 is 21.9 Å². The third-order valence-corrected chi connectivity index (χ3v) is 10.4. The van der Waals surface area contributed by atoms with Crippen LogP contribution in [-0.4, -0.2) is 9.97 Å². The Bertz CT molecular complexity index is 3090. The van der Waals surface area contributed by atoms with Crippen molar-refractivity contribution in [2.75, 3.05) is 0 Å². The highest BCUT2D eigenvalue weighted by molar-refractivity contribution is 6.06. The zero-order chi connectivity index (χ0) is 39.2. The predicted molar refractivity (Wildman–Crippen MR) is 214 cm³/mol. The van der Waals surface area contributed by atoms with Crippen LogP contribution in [0.3, 0.4) is 0 Å². The number of aromatic nitrogens is 2. The lowest BCUT2D eigenvalue weighted by Gasteiger charge is -2.22. The zero-order valence-electron chi connectivity index (χ0n) is 33.6. The van der Waals surface area contributed by atoms with E-state index in [0.717, 1.165) is 49.9 Å². The second kappa shape index (κ2) is 11.8. The molecule has 0 fully saturated rings. The Balaban J connectivity index is 1.21. The van der Waals surface area contributed by atoms with Crippen LogP contribution in [0.4, 0.5) is 0 Å². The Morgan fingerprint density at radius 1 is 0.462 bits per heavy atom. The molecule has 0 bridgehead atoms. The SMILES string of the molecule is [2H]c1c([2H])c([2H])c(-c2cc(-c3ccc4oc5ccccc5c4c3)cc(-c3cc(-c4ccc5c(c4)C(C)(C)c4ccccc4-5)nc(-c4ccccc4)n3)c2)c([2H])c1[2H]. The number of rotatable bonds is 5. The second-order valence-corrected chi connectivity index (χ2v) is 13.9. The van der Waals surface area contributed by atoms with E-state index in [9.17, 15) is 0 Å². The van der Waals surface area contributed by atoms with E-state index in [0.29, 0.717) is 22.6 Å². The monoisotopic (exact) mass is 671 g/mol. The molecule has 0 unspecified atom stereocenters. The van der Waals surface area contributed by atoms with Gasteiger partial charge < -0.3 is 4.42 Å². The van der Waals surface area contributed by atoms with Crippen molar-refractivity contribution in [2.24, 2.45) is 0 Å². The summed E-state index contributed by atoms with van der Waals surface area (Å²) in [5, 5.41) is 1.94. The lowest BCUT2D eigenvalue weighted by Crippen LogP contribution is -2.14. The van der Waals surface area contributed by atoms with E-state index < -0.39 is 6.04 Å². The van der Waals surface area contributed by atoms with Gasteiger partial charge in [0, 0.05) is 32.9 Å². The summed E-state index contributed by atoms with van der Waals surface area (Å²) in [5.41, 5.74) is 12.5. The first-order valence-corrected chi connectivity index (χ1v) is 17.4. The molecule has 0 N–H and O–H groups in total. The number of furan rings is 1. The Hall–Kier alpha value is -6.58. The van der Waals surface area contributed by atoms with Crippen LogP contribution in [0, 0.1) is 0 Å². The van der Waals surface area contributed by atoms with E-state index in [2.05, 4.69) is 62.4 Å². The van der Waals surface area contributed by atoms with Gasteiger partial charge in [0.2, 0.25) is 0 Å². The van der Waals surface area contributed by atoms with Gasteiger partial charge in [0.25, 0.3) is 0 Å². The summed E-state index contributed by atoms with van der Waals surface area (Å²) in [6, 6.07) is 45.0. The summed E-state index contributed by atoms with van der Waals surface area (Å²) in [4.78, 5) is 10.3. The van der Waals surface area contributed by atoms with Gasteiger partial charge in [0.05, 0.1) is 18.2 Å². The summed E-state index contributed by atoms with van der Waals surface area (Å²) in [6.07, 6.45) is 0. The standard InChI is InChI=1S/C49H34N2O/c1-49(2)42-19-11-9-17-38(42)39-23-21-34(29-43(39)49)44-30-45(51-48(50-44)32-15-7-4-8-16-32)37-26-35(31-13-5-3-6-14-31)25-36(27-37)33-22-24-47-41(28-33)40-18-10-12-20-46(40)52-47/h3-30H,1-2H3/i3D,5D,6D,13D,14D. The summed E-state index contributed by atoms with van der Waals surface area (Å²) >= 11 is 0. The van der Waals surface area contributed by atoms with Crippen molar-refractivity contribution in [3.63, 3.8) is 0 Å². The summed E-state index contributed by atoms with van der Waals surface area (Å²) in [6.45, 7) is 4.52. The van der Waals surface area contributed by atoms with Gasteiger partial charge in [-0.25, -0.2) is 9.97 Å². The summed E-state index contributed by atoms with van der Waals surface area (Å²) < 4.78 is 49.3. The average Bonchev–Trinajstić information content (AvgIpc) is 3.73. The number of benzene rings is 7. The third-order valence-electron chi connectivity index (χ3n) is 10.4. The fourth-order valence-electron chi connectivity index (χ4n) is 7.71. The van der Waals surface area contributed by atoms with Crippen molar-refractivity contribution in [3.8, 4) is 67.3 Å². The smallest absolute Gasteiger partial charge is 0.160 e. The van der Waals surface area contributed by atoms with Crippen LogP contribution in [0.25, 0.3) is 89.2 Å². The molecule has 52 heavy (non-hydrogen) atoms. The Morgan fingerprint density at radius 3 is 1.96 bits per heavy atom. The van der Waals surface area contributed by atoms with Crippen molar-refractivity contribution in [3.05, 3.63) is 181 Å². The maximum Gasteiger partial charge on any atom is 0.160 e. The largest absolute Gasteiger partial charge is 0.456 e. The van der Waals surface area contributed by atoms with Gasteiger partial charge in [-0.1, -0.05) is 135 Å². The minimum atomic E-state index is -0.434. The molecule has 0 radical (unpaired) electrons. The number of fused-ring (bicyclic) bond motifs is 6. The number of hydrogen-bond donors (Lipinski definition) is 0. The van der Waals surface area contributed by atoms with Crippen LogP contribution in [-0.2, 0) is 5.41 Å². The molecule has 2 heterocycles. The van der Waals surface area contributed by atoms with Gasteiger partial charge in [-0.15, -0.1) is 0 Å². The maximum atomic E-state index is 8.92. The lowest BCUT2D eigenvalue weighted by atomic mass is 9.82. The highest BCUT2D eigenvalue weighted by Gasteiger charge is 2.35. The predicted octanol–water partition coefficient (Wildman–Crippen LogP) is 13.0. The van der Waals surface area contributed by atoms with Crippen LogP contribution in [0.1, 0.15) is 31.8 Å². The molecular formula is C49H34N2O. The molecule has 2 aromatic heterocycles. The molecule has 0 atom stereocenters. The Morgan fingerprint density at radius 2 is 1.12 bits per heavy atom. The zero-order valence-corrected chi connectivity index (χ0v) is 28.6. The number of hydrogen-bond acceptors (Lipinski definition) is 3. The minimum absolute atomic E-state index is 0.122. The minimum Gasteiger partial charge on any atom is -0.456 e. The number of para-hydroxylation sites is 1. The van der Waals surface area contributed by atoms with Gasteiger partial charge in [0.15, 0.2) is 5.82 Å². The molecule has 3 heteroatoms. The summed E-state index contributed by atoms with van der Waals surface area (Å²) in [7, 11) is 0. The molecule has 0 spiro atoms. The van der Waals surface area contributed by atoms with Crippen LogP contribution < -0.4 is 0 Å². The highest BCUT2D eigenvalue weighted by Crippen LogP contribution is 2.49. The molecular weight excluding hydrogens is 633 g/mol. The molecule has 9 aromatic rings. The van der Waals surface area contributed by atoms with Crippen molar-refractivity contribution in [1.29, 1.82) is 0 Å². The Kier molecular flexibility index (Phi) is 5.74. The molecule has 0 aliphatic heterocycles. The van der Waals surface area contributed by atoms with E-state index in [1.807, 2.05) is 91.0 Å². The van der Waals surface area contributed by atoms with Crippen LogP contribution in [0.5, 0.6) is 0 Å². The molecule has 1 aliphatic carbocycles. The molecule has 246 valence electrons. The molecule has 10 rings (SSSR count). The summed E-state index contributed by atoms with van der Waals surface area (Å²) in [5.74, 6) is 0.548. The fraction of sp³-hybridized carbons (Fsp3) is 0.0612. The van der Waals surface area contributed by atoms with Gasteiger partial charge in [0.1, 0.15) is 11.2 Å². The van der Waals surface area contributed by atoms with Gasteiger partial charge in [-0.3, -0.25) is 0 Å². The number of nitrogens with zero attached hydrogens (tertiary/aromatic N) is 2. The first-order valence-electron chi connectivity index (χ1n) is 19.9. The van der Waals surface area contributed by atoms with E-state index in [1.165, 1.54) is 22.3 Å². The van der Waals surface area contributed by atoms with E-state index >= 15 is 0 Å². The normalized spacial score (nSPS) is 14.3. The van der Waals surface area contributed by atoms with Gasteiger partial charge in [-0.05, 0) is 93.0 Å². The average molecular weight is 672 g/mol. The fourth-order valence-corrected chi connectivity index (χ4v) is 7.71. The maximum absolute atomic E-state index is 8.92. The van der Waals surface area contributed by atoms with Gasteiger partial charge in [-0.2, -0.15) is 0 Å². The third kappa shape index (κ3) is 4.97. The van der Waals surface area contributed by atoms with Gasteiger partial charge >= 0.3 is 0 Å².